The summed E-state index contributed by atoms with van der Waals surface area (Å²) in [6.45, 7) is 1.58. The summed E-state index contributed by atoms with van der Waals surface area (Å²) in [5, 5.41) is 6.86. The number of halogens is 3. The second-order valence-corrected chi connectivity index (χ2v) is 8.09. The zero-order valence-corrected chi connectivity index (χ0v) is 17.7. The summed E-state index contributed by atoms with van der Waals surface area (Å²) in [6.07, 6.45) is 0.715. The summed E-state index contributed by atoms with van der Waals surface area (Å²) in [4.78, 5) is 39.1. The maximum Gasteiger partial charge on any atom is 0.419 e. The molecule has 0 bridgehead atoms. The summed E-state index contributed by atoms with van der Waals surface area (Å²) in [5.74, 6) is 0.127. The Morgan fingerprint density at radius 2 is 1.91 bits per heavy atom. The van der Waals surface area contributed by atoms with Crippen LogP contribution in [0.25, 0.3) is 33.3 Å². The SMILES string of the molecule is O=c1[nH]cc(-c2ccc3c(-c4nc(N[C@H]5CCCNC5)ncc4C(F)(F)F)c[nH]c3c2)c(=O)[nH]1. The molecule has 0 aliphatic carbocycles. The number of anilines is 1. The van der Waals surface area contributed by atoms with E-state index < -0.39 is 23.0 Å². The van der Waals surface area contributed by atoms with E-state index in [2.05, 4.69) is 35.6 Å². The van der Waals surface area contributed by atoms with Gasteiger partial charge in [-0.2, -0.15) is 13.2 Å². The number of benzene rings is 1. The molecule has 1 aliphatic heterocycles. The molecule has 1 aliphatic rings. The van der Waals surface area contributed by atoms with Crippen molar-refractivity contribution >= 4 is 16.9 Å². The molecule has 4 aromatic rings. The molecule has 5 N–H and O–H groups in total. The molecule has 1 aromatic carbocycles. The van der Waals surface area contributed by atoms with Crippen molar-refractivity contribution in [3.63, 3.8) is 0 Å². The van der Waals surface area contributed by atoms with Crippen LogP contribution in [0.5, 0.6) is 0 Å². The van der Waals surface area contributed by atoms with Gasteiger partial charge in [-0.25, -0.2) is 14.8 Å². The number of piperidine rings is 1. The third-order valence-electron chi connectivity index (χ3n) is 5.79. The molecule has 1 saturated heterocycles. The highest BCUT2D eigenvalue weighted by molar-refractivity contribution is 5.97. The lowest BCUT2D eigenvalue weighted by Gasteiger charge is -2.24. The van der Waals surface area contributed by atoms with Gasteiger partial charge in [0.1, 0.15) is 5.56 Å². The molecule has 0 spiro atoms. The van der Waals surface area contributed by atoms with Gasteiger partial charge in [-0.05, 0) is 31.0 Å². The van der Waals surface area contributed by atoms with Crippen LogP contribution in [0.2, 0.25) is 0 Å². The van der Waals surface area contributed by atoms with E-state index in [1.54, 1.807) is 18.2 Å². The van der Waals surface area contributed by atoms with E-state index in [1.807, 2.05) is 0 Å². The number of nitrogens with one attached hydrogen (secondary N) is 5. The van der Waals surface area contributed by atoms with Gasteiger partial charge in [-0.15, -0.1) is 0 Å². The lowest BCUT2D eigenvalue weighted by molar-refractivity contribution is -0.137. The predicted octanol–water partition coefficient (Wildman–Crippen LogP) is 2.85. The number of H-pyrrole nitrogens is 3. The van der Waals surface area contributed by atoms with Crippen LogP contribution in [0.15, 0.2) is 46.4 Å². The molecule has 1 fully saturated rings. The topological polar surface area (TPSA) is 131 Å². The van der Waals surface area contributed by atoms with Crippen molar-refractivity contribution in [2.75, 3.05) is 18.4 Å². The van der Waals surface area contributed by atoms with Crippen molar-refractivity contribution in [1.82, 2.24) is 30.2 Å². The quantitative estimate of drug-likeness (QED) is 0.311. The average Bonchev–Trinajstić information content (AvgIpc) is 3.22. The van der Waals surface area contributed by atoms with Crippen molar-refractivity contribution in [1.29, 1.82) is 0 Å². The van der Waals surface area contributed by atoms with Gasteiger partial charge in [0.15, 0.2) is 0 Å². The predicted molar refractivity (Wildman–Crippen MR) is 121 cm³/mol. The third kappa shape index (κ3) is 4.19. The number of fused-ring (bicyclic) bond motifs is 1. The first-order valence-electron chi connectivity index (χ1n) is 10.6. The lowest BCUT2D eigenvalue weighted by Crippen LogP contribution is -2.38. The first-order valence-corrected chi connectivity index (χ1v) is 10.6. The van der Waals surface area contributed by atoms with Crippen molar-refractivity contribution in [2.45, 2.75) is 25.1 Å². The van der Waals surface area contributed by atoms with Crippen molar-refractivity contribution in [2.24, 2.45) is 0 Å². The van der Waals surface area contributed by atoms with Crippen LogP contribution in [0, 0.1) is 0 Å². The zero-order valence-electron chi connectivity index (χ0n) is 17.7. The normalized spacial score (nSPS) is 16.6. The summed E-state index contributed by atoms with van der Waals surface area (Å²) in [5.41, 5.74) is -0.900. The Bertz CT molecular complexity index is 1470. The molecule has 0 radical (unpaired) electrons. The van der Waals surface area contributed by atoms with Gasteiger partial charge >= 0.3 is 11.9 Å². The number of hydrogen-bond donors (Lipinski definition) is 5. The van der Waals surface area contributed by atoms with Gasteiger partial charge in [0.2, 0.25) is 5.95 Å². The minimum Gasteiger partial charge on any atom is -0.360 e. The third-order valence-corrected chi connectivity index (χ3v) is 5.79. The number of alkyl halides is 3. The molecule has 0 saturated carbocycles. The van der Waals surface area contributed by atoms with Crippen LogP contribution in [-0.2, 0) is 6.18 Å². The standard InChI is InChI=1S/C22H20F3N7O2/c23-22(24,25)16-10-28-20(30-12-2-1-5-26-7-12)31-18(16)15-9-27-17-6-11(3-4-13(15)17)14-8-29-21(34)32-19(14)33/h3-4,6,8-10,12,26-27H,1-2,5,7H2,(H,28,30,31)(H2,29,32,33,34)/t12-/m0/s1. The van der Waals surface area contributed by atoms with Crippen LogP contribution in [0.3, 0.4) is 0 Å². The first-order chi connectivity index (χ1) is 16.3. The van der Waals surface area contributed by atoms with Crippen LogP contribution in [0.4, 0.5) is 19.1 Å². The molecule has 34 heavy (non-hydrogen) atoms. The van der Waals surface area contributed by atoms with E-state index in [9.17, 15) is 22.8 Å². The Morgan fingerprint density at radius 3 is 2.65 bits per heavy atom. The molecule has 3 aromatic heterocycles. The number of rotatable bonds is 4. The first kappa shape index (κ1) is 21.9. The van der Waals surface area contributed by atoms with Gasteiger partial charge in [0.05, 0.1) is 11.3 Å². The molecule has 9 nitrogen and oxygen atoms in total. The number of aromatic nitrogens is 5. The summed E-state index contributed by atoms with van der Waals surface area (Å²) >= 11 is 0. The molecular weight excluding hydrogens is 451 g/mol. The largest absolute Gasteiger partial charge is 0.419 e. The average molecular weight is 471 g/mol. The van der Waals surface area contributed by atoms with E-state index in [0.29, 0.717) is 23.0 Å². The highest BCUT2D eigenvalue weighted by Crippen LogP contribution is 2.39. The Kier molecular flexibility index (Phi) is 5.44. The van der Waals surface area contributed by atoms with E-state index in [0.717, 1.165) is 25.6 Å². The van der Waals surface area contributed by atoms with E-state index in [1.165, 1.54) is 12.4 Å². The van der Waals surface area contributed by atoms with Gasteiger partial charge in [0.25, 0.3) is 5.56 Å². The van der Waals surface area contributed by atoms with Crippen LogP contribution >= 0.6 is 0 Å². The molecule has 176 valence electrons. The van der Waals surface area contributed by atoms with E-state index >= 15 is 0 Å². The minimum absolute atomic E-state index is 0.0271. The van der Waals surface area contributed by atoms with E-state index in [4.69, 9.17) is 0 Å². The maximum atomic E-state index is 13.8. The summed E-state index contributed by atoms with van der Waals surface area (Å²) in [6, 6.07) is 4.87. The highest BCUT2D eigenvalue weighted by atomic mass is 19.4. The fourth-order valence-electron chi connectivity index (χ4n) is 4.14. The Morgan fingerprint density at radius 1 is 1.09 bits per heavy atom. The monoisotopic (exact) mass is 471 g/mol. The maximum absolute atomic E-state index is 13.8. The van der Waals surface area contributed by atoms with E-state index in [-0.39, 0.29) is 28.8 Å². The minimum atomic E-state index is -4.65. The van der Waals surface area contributed by atoms with Crippen molar-refractivity contribution in [3.8, 4) is 22.4 Å². The Labute approximate surface area is 189 Å². The Hall–Kier alpha value is -3.93. The van der Waals surface area contributed by atoms with Crippen molar-refractivity contribution in [3.05, 3.63) is 63.2 Å². The number of nitrogens with zero attached hydrogens (tertiary/aromatic N) is 2. The Balaban J connectivity index is 1.58. The number of hydrogen-bond acceptors (Lipinski definition) is 6. The molecule has 1 atom stereocenters. The van der Waals surface area contributed by atoms with Crippen LogP contribution in [-0.4, -0.2) is 44.1 Å². The molecule has 0 amide bonds. The molecule has 0 unspecified atom stereocenters. The summed E-state index contributed by atoms with van der Waals surface area (Å²) in [7, 11) is 0. The van der Waals surface area contributed by atoms with Gasteiger partial charge < -0.3 is 20.6 Å². The molecule has 12 heteroatoms. The fourth-order valence-corrected chi connectivity index (χ4v) is 4.14. The van der Waals surface area contributed by atoms with Gasteiger partial charge in [-0.1, -0.05) is 12.1 Å². The zero-order chi connectivity index (χ0) is 23.9. The molecule has 5 rings (SSSR count). The summed E-state index contributed by atoms with van der Waals surface area (Å²) < 4.78 is 41.4. The van der Waals surface area contributed by atoms with Gasteiger partial charge in [0, 0.05) is 47.6 Å². The molecule has 4 heterocycles. The van der Waals surface area contributed by atoms with Gasteiger partial charge in [-0.3, -0.25) is 9.78 Å². The fraction of sp³-hybridized carbons (Fsp3) is 0.273. The molecular formula is C22H20F3N7O2. The second-order valence-electron chi connectivity index (χ2n) is 8.09. The van der Waals surface area contributed by atoms with Crippen molar-refractivity contribution < 1.29 is 13.2 Å². The van der Waals surface area contributed by atoms with Crippen LogP contribution in [0.1, 0.15) is 18.4 Å². The van der Waals surface area contributed by atoms with Crippen LogP contribution < -0.4 is 21.9 Å². The number of aromatic amines is 3. The lowest BCUT2D eigenvalue weighted by atomic mass is 10.0. The highest BCUT2D eigenvalue weighted by Gasteiger charge is 2.36. The second kappa shape index (κ2) is 8.45. The smallest absolute Gasteiger partial charge is 0.360 e.